The lowest BCUT2D eigenvalue weighted by atomic mass is 10.2. The van der Waals surface area contributed by atoms with Gasteiger partial charge in [-0.3, -0.25) is 9.48 Å². The van der Waals surface area contributed by atoms with E-state index >= 15 is 0 Å². The first-order valence-electron chi connectivity index (χ1n) is 6.09. The predicted octanol–water partition coefficient (Wildman–Crippen LogP) is 0.251. The fourth-order valence-corrected chi connectivity index (χ4v) is 2.28. The van der Waals surface area contributed by atoms with Crippen LogP contribution in [0.1, 0.15) is 36.2 Å². The summed E-state index contributed by atoms with van der Waals surface area (Å²) >= 11 is 0. The van der Waals surface area contributed by atoms with E-state index in [1.165, 1.54) is 12.8 Å². The minimum absolute atomic E-state index is 0.0415. The first-order chi connectivity index (χ1) is 8.22. The number of hydrogen-bond acceptors (Lipinski definition) is 4. The molecule has 1 fully saturated rings. The summed E-state index contributed by atoms with van der Waals surface area (Å²) in [5.74, 6) is -0.0415. The molecule has 0 bridgehead atoms. The summed E-state index contributed by atoms with van der Waals surface area (Å²) in [4.78, 5) is 13.9. The first-order valence-corrected chi connectivity index (χ1v) is 6.09. The second kappa shape index (κ2) is 5.27. The van der Waals surface area contributed by atoms with Crippen LogP contribution in [0.15, 0.2) is 6.20 Å². The highest BCUT2D eigenvalue weighted by atomic mass is 16.2. The number of nitrogens with zero attached hydrogens (tertiary/aromatic N) is 4. The third kappa shape index (κ3) is 2.63. The van der Waals surface area contributed by atoms with E-state index in [1.807, 2.05) is 7.05 Å². The smallest absolute Gasteiger partial charge is 0.276 e. The maximum atomic E-state index is 12.1. The van der Waals surface area contributed by atoms with Gasteiger partial charge in [0.2, 0.25) is 0 Å². The second-order valence-electron chi connectivity index (χ2n) is 4.51. The van der Waals surface area contributed by atoms with E-state index in [-0.39, 0.29) is 5.91 Å². The van der Waals surface area contributed by atoms with E-state index in [0.29, 0.717) is 24.8 Å². The summed E-state index contributed by atoms with van der Waals surface area (Å²) in [6, 6.07) is 0.363. The molecule has 2 rings (SSSR count). The van der Waals surface area contributed by atoms with E-state index in [2.05, 4.69) is 10.3 Å². The predicted molar refractivity (Wildman–Crippen MR) is 63.4 cm³/mol. The summed E-state index contributed by atoms with van der Waals surface area (Å²) in [7, 11) is 1.85. The van der Waals surface area contributed by atoms with E-state index < -0.39 is 0 Å². The third-order valence-electron chi connectivity index (χ3n) is 3.31. The molecule has 94 valence electrons. The summed E-state index contributed by atoms with van der Waals surface area (Å²) in [6.45, 7) is 1.09. The summed E-state index contributed by atoms with van der Waals surface area (Å²) in [5.41, 5.74) is 5.83. The molecular weight excluding hydrogens is 218 g/mol. The third-order valence-corrected chi connectivity index (χ3v) is 3.31. The Kier molecular flexibility index (Phi) is 3.73. The minimum Gasteiger partial charge on any atom is -0.337 e. The van der Waals surface area contributed by atoms with Crippen LogP contribution in [0.2, 0.25) is 0 Å². The maximum absolute atomic E-state index is 12.1. The molecule has 6 heteroatoms. The molecule has 0 atom stereocenters. The van der Waals surface area contributed by atoms with Gasteiger partial charge in [0.15, 0.2) is 5.69 Å². The molecule has 0 saturated heterocycles. The second-order valence-corrected chi connectivity index (χ2v) is 4.51. The van der Waals surface area contributed by atoms with Gasteiger partial charge in [-0.15, -0.1) is 5.10 Å². The van der Waals surface area contributed by atoms with Gasteiger partial charge < -0.3 is 10.6 Å². The van der Waals surface area contributed by atoms with Crippen LogP contribution in [-0.4, -0.2) is 45.4 Å². The quantitative estimate of drug-likeness (QED) is 0.814. The van der Waals surface area contributed by atoms with Crippen LogP contribution >= 0.6 is 0 Å². The van der Waals surface area contributed by atoms with Gasteiger partial charge in [-0.1, -0.05) is 18.1 Å². The van der Waals surface area contributed by atoms with Gasteiger partial charge in [-0.05, 0) is 12.8 Å². The molecule has 1 aromatic rings. The van der Waals surface area contributed by atoms with Crippen LogP contribution in [0.4, 0.5) is 0 Å². The van der Waals surface area contributed by atoms with Crippen LogP contribution in [-0.2, 0) is 6.54 Å². The summed E-state index contributed by atoms with van der Waals surface area (Å²) < 4.78 is 1.61. The number of aromatic nitrogens is 3. The van der Waals surface area contributed by atoms with E-state index in [1.54, 1.807) is 15.8 Å². The van der Waals surface area contributed by atoms with Crippen LogP contribution < -0.4 is 5.73 Å². The zero-order valence-electron chi connectivity index (χ0n) is 10.2. The van der Waals surface area contributed by atoms with Crippen molar-refractivity contribution in [3.05, 3.63) is 11.9 Å². The SMILES string of the molecule is CN(C(=O)c1cn(CCN)nn1)C1CCCC1. The van der Waals surface area contributed by atoms with Crippen molar-refractivity contribution >= 4 is 5.91 Å². The molecule has 0 spiro atoms. The van der Waals surface area contributed by atoms with Crippen molar-refractivity contribution in [1.29, 1.82) is 0 Å². The monoisotopic (exact) mass is 237 g/mol. The Labute approximate surface area is 101 Å². The lowest BCUT2D eigenvalue weighted by Crippen LogP contribution is -2.35. The largest absolute Gasteiger partial charge is 0.337 e. The van der Waals surface area contributed by atoms with E-state index in [0.717, 1.165) is 12.8 Å². The Bertz CT molecular complexity index is 383. The van der Waals surface area contributed by atoms with Gasteiger partial charge in [-0.25, -0.2) is 0 Å². The van der Waals surface area contributed by atoms with Crippen molar-refractivity contribution in [3.63, 3.8) is 0 Å². The van der Waals surface area contributed by atoms with Crippen LogP contribution in [0.3, 0.4) is 0 Å². The number of rotatable bonds is 4. The van der Waals surface area contributed by atoms with Gasteiger partial charge in [0.05, 0.1) is 12.7 Å². The highest BCUT2D eigenvalue weighted by Gasteiger charge is 2.25. The van der Waals surface area contributed by atoms with Crippen LogP contribution in [0, 0.1) is 0 Å². The average molecular weight is 237 g/mol. The molecule has 1 aromatic heterocycles. The van der Waals surface area contributed by atoms with Crippen LogP contribution in [0.25, 0.3) is 0 Å². The van der Waals surface area contributed by atoms with Crippen LogP contribution in [0.5, 0.6) is 0 Å². The zero-order chi connectivity index (χ0) is 12.3. The Balaban J connectivity index is 2.02. The summed E-state index contributed by atoms with van der Waals surface area (Å²) in [6.07, 6.45) is 6.28. The first kappa shape index (κ1) is 12.0. The number of amides is 1. The van der Waals surface area contributed by atoms with Gasteiger partial charge in [0.25, 0.3) is 5.91 Å². The molecule has 2 N–H and O–H groups in total. The molecule has 0 radical (unpaired) electrons. The number of carbonyl (C=O) groups is 1. The molecule has 1 saturated carbocycles. The highest BCUT2D eigenvalue weighted by molar-refractivity contribution is 5.91. The molecule has 6 nitrogen and oxygen atoms in total. The Morgan fingerprint density at radius 1 is 1.59 bits per heavy atom. The van der Waals surface area contributed by atoms with Gasteiger partial charge in [-0.2, -0.15) is 0 Å². The Morgan fingerprint density at radius 2 is 2.29 bits per heavy atom. The van der Waals surface area contributed by atoms with E-state index in [9.17, 15) is 4.79 Å². The zero-order valence-corrected chi connectivity index (χ0v) is 10.2. The molecule has 0 aromatic carbocycles. The fourth-order valence-electron chi connectivity index (χ4n) is 2.28. The van der Waals surface area contributed by atoms with Crippen molar-refractivity contribution in [1.82, 2.24) is 19.9 Å². The van der Waals surface area contributed by atoms with Crippen molar-refractivity contribution in [2.24, 2.45) is 5.73 Å². The van der Waals surface area contributed by atoms with Gasteiger partial charge in [0.1, 0.15) is 0 Å². The molecule has 1 aliphatic rings. The number of hydrogen-bond donors (Lipinski definition) is 1. The average Bonchev–Trinajstić information content (AvgIpc) is 2.98. The summed E-state index contributed by atoms with van der Waals surface area (Å²) in [5, 5.41) is 7.77. The molecule has 0 unspecified atom stereocenters. The normalized spacial score (nSPS) is 16.4. The fraction of sp³-hybridized carbons (Fsp3) is 0.727. The standard InChI is InChI=1S/C11H19N5O/c1-15(9-4-2-3-5-9)11(17)10-8-16(7-6-12)14-13-10/h8-9H,2-7,12H2,1H3. The highest BCUT2D eigenvalue weighted by Crippen LogP contribution is 2.23. The van der Waals surface area contributed by atoms with E-state index in [4.69, 9.17) is 5.73 Å². The molecular formula is C11H19N5O. The molecule has 1 amide bonds. The lowest BCUT2D eigenvalue weighted by molar-refractivity contribution is 0.0729. The maximum Gasteiger partial charge on any atom is 0.276 e. The van der Waals surface area contributed by atoms with Gasteiger partial charge in [0, 0.05) is 19.6 Å². The molecule has 17 heavy (non-hydrogen) atoms. The van der Waals surface area contributed by atoms with Gasteiger partial charge >= 0.3 is 0 Å². The topological polar surface area (TPSA) is 77.0 Å². The van der Waals surface area contributed by atoms with Crippen molar-refractivity contribution in [3.8, 4) is 0 Å². The number of nitrogens with two attached hydrogens (primary N) is 1. The molecule has 1 aliphatic carbocycles. The van der Waals surface area contributed by atoms with Crippen molar-refractivity contribution in [2.75, 3.05) is 13.6 Å². The number of carbonyl (C=O) groups excluding carboxylic acids is 1. The lowest BCUT2D eigenvalue weighted by Gasteiger charge is -2.22. The Hall–Kier alpha value is -1.43. The molecule has 1 heterocycles. The Morgan fingerprint density at radius 3 is 2.94 bits per heavy atom. The van der Waals surface area contributed by atoms with Crippen molar-refractivity contribution in [2.45, 2.75) is 38.3 Å². The van der Waals surface area contributed by atoms with Crippen molar-refractivity contribution < 1.29 is 4.79 Å². The molecule has 0 aliphatic heterocycles. The minimum atomic E-state index is -0.0415.